The number of amides is 1. The number of rotatable bonds is 7. The molecule has 0 bridgehead atoms. The number of guanidine groups is 1. The van der Waals surface area contributed by atoms with E-state index in [1.165, 1.54) is 6.26 Å². The second kappa shape index (κ2) is 11.5. The van der Waals surface area contributed by atoms with Crippen molar-refractivity contribution >= 4 is 45.7 Å². The highest BCUT2D eigenvalue weighted by atomic mass is 127. The predicted molar refractivity (Wildman–Crippen MR) is 121 cm³/mol. The molecule has 0 saturated heterocycles. The van der Waals surface area contributed by atoms with E-state index in [1.54, 1.807) is 12.1 Å². The molecule has 0 atom stereocenters. The van der Waals surface area contributed by atoms with Gasteiger partial charge in [0.2, 0.25) is 5.91 Å². The molecule has 0 radical (unpaired) electrons. The SMILES string of the molecule is CCNC(=NCc1ccc(CS(C)(=O)=O)cc1)NCC(=O)NC(C)(C)C.I. The van der Waals surface area contributed by atoms with Gasteiger partial charge in [-0.15, -0.1) is 24.0 Å². The van der Waals surface area contributed by atoms with Crippen LogP contribution in [0.3, 0.4) is 0 Å². The Morgan fingerprint density at radius 2 is 1.63 bits per heavy atom. The van der Waals surface area contributed by atoms with Gasteiger partial charge in [0.15, 0.2) is 15.8 Å². The van der Waals surface area contributed by atoms with Crippen LogP contribution in [-0.2, 0) is 26.9 Å². The standard InChI is InChI=1S/C18H30N4O3S.HI/c1-6-19-17(21-12-16(23)22-18(2,3)4)20-11-14-7-9-15(10-8-14)13-26(5,24)25;/h7-10H,6,11-13H2,1-5H3,(H,22,23)(H2,19,20,21);1H. The summed E-state index contributed by atoms with van der Waals surface area (Å²) in [6.45, 7) is 8.98. The average Bonchev–Trinajstić information content (AvgIpc) is 2.48. The Balaban J connectivity index is 0.00000676. The van der Waals surface area contributed by atoms with Gasteiger partial charge in [0.05, 0.1) is 18.8 Å². The molecule has 0 heterocycles. The minimum absolute atomic E-state index is 0. The van der Waals surface area contributed by atoms with Crippen LogP contribution in [0.4, 0.5) is 0 Å². The lowest BCUT2D eigenvalue weighted by Crippen LogP contribution is -2.48. The maximum atomic E-state index is 11.9. The molecule has 0 saturated carbocycles. The van der Waals surface area contributed by atoms with Crippen molar-refractivity contribution in [3.8, 4) is 0 Å². The highest BCUT2D eigenvalue weighted by Crippen LogP contribution is 2.08. The molecule has 0 unspecified atom stereocenters. The fraction of sp³-hybridized carbons (Fsp3) is 0.556. The molecule has 0 fully saturated rings. The van der Waals surface area contributed by atoms with Crippen molar-refractivity contribution in [3.63, 3.8) is 0 Å². The second-order valence-corrected chi connectivity index (χ2v) is 9.37. The third-order valence-electron chi connectivity index (χ3n) is 3.15. The number of benzene rings is 1. The van der Waals surface area contributed by atoms with E-state index in [1.807, 2.05) is 39.8 Å². The highest BCUT2D eigenvalue weighted by molar-refractivity contribution is 14.0. The maximum absolute atomic E-state index is 11.9. The number of nitrogens with zero attached hydrogens (tertiary/aromatic N) is 1. The zero-order chi connectivity index (χ0) is 19.8. The molecule has 1 rings (SSSR count). The summed E-state index contributed by atoms with van der Waals surface area (Å²) in [7, 11) is -3.04. The lowest BCUT2D eigenvalue weighted by atomic mass is 10.1. The molecular formula is C18H31IN4O3S. The van der Waals surface area contributed by atoms with Crippen LogP contribution in [0.1, 0.15) is 38.8 Å². The molecule has 7 nitrogen and oxygen atoms in total. The van der Waals surface area contributed by atoms with Gasteiger partial charge in [-0.05, 0) is 38.8 Å². The van der Waals surface area contributed by atoms with Gasteiger partial charge < -0.3 is 16.0 Å². The van der Waals surface area contributed by atoms with Gasteiger partial charge in [-0.2, -0.15) is 0 Å². The van der Waals surface area contributed by atoms with Crippen LogP contribution in [0.5, 0.6) is 0 Å². The van der Waals surface area contributed by atoms with Gasteiger partial charge in [-0.25, -0.2) is 13.4 Å². The Labute approximate surface area is 179 Å². The summed E-state index contributed by atoms with van der Waals surface area (Å²) in [6.07, 6.45) is 1.22. The van der Waals surface area contributed by atoms with Crippen LogP contribution in [0.15, 0.2) is 29.3 Å². The van der Waals surface area contributed by atoms with Crippen molar-refractivity contribution in [2.45, 2.75) is 45.5 Å². The van der Waals surface area contributed by atoms with Crippen LogP contribution < -0.4 is 16.0 Å². The van der Waals surface area contributed by atoms with E-state index >= 15 is 0 Å². The molecular weight excluding hydrogens is 479 g/mol. The van der Waals surface area contributed by atoms with E-state index in [2.05, 4.69) is 20.9 Å². The monoisotopic (exact) mass is 510 g/mol. The Bertz CT molecular complexity index is 726. The molecule has 0 aromatic heterocycles. The van der Waals surface area contributed by atoms with E-state index in [9.17, 15) is 13.2 Å². The Morgan fingerprint density at radius 3 is 2.11 bits per heavy atom. The van der Waals surface area contributed by atoms with Crippen molar-refractivity contribution in [2.75, 3.05) is 19.3 Å². The van der Waals surface area contributed by atoms with Gasteiger partial charge in [0.25, 0.3) is 0 Å². The molecule has 0 aliphatic rings. The normalized spacial score (nSPS) is 12.1. The number of sulfone groups is 1. The quantitative estimate of drug-likeness (QED) is 0.295. The van der Waals surface area contributed by atoms with Crippen molar-refractivity contribution in [3.05, 3.63) is 35.4 Å². The first kappa shape index (κ1) is 25.6. The van der Waals surface area contributed by atoms with Gasteiger partial charge >= 0.3 is 0 Å². The second-order valence-electron chi connectivity index (χ2n) is 7.23. The van der Waals surface area contributed by atoms with Crippen molar-refractivity contribution in [1.82, 2.24) is 16.0 Å². The number of carbonyl (C=O) groups excluding carboxylic acids is 1. The van der Waals surface area contributed by atoms with Gasteiger partial charge in [0.1, 0.15) is 0 Å². The lowest BCUT2D eigenvalue weighted by Gasteiger charge is -2.21. The number of carbonyl (C=O) groups is 1. The molecule has 9 heteroatoms. The first-order valence-electron chi connectivity index (χ1n) is 8.57. The van der Waals surface area contributed by atoms with E-state index in [0.29, 0.717) is 19.0 Å². The molecule has 0 aliphatic heterocycles. The number of aliphatic imine (C=N–C) groups is 1. The smallest absolute Gasteiger partial charge is 0.239 e. The molecule has 154 valence electrons. The predicted octanol–water partition coefficient (Wildman–Crippen LogP) is 1.82. The molecule has 0 aliphatic carbocycles. The summed E-state index contributed by atoms with van der Waals surface area (Å²) in [4.78, 5) is 16.3. The molecule has 1 amide bonds. The number of hydrogen-bond donors (Lipinski definition) is 3. The summed E-state index contributed by atoms with van der Waals surface area (Å²) in [6, 6.07) is 7.31. The summed E-state index contributed by atoms with van der Waals surface area (Å²) in [5.74, 6) is 0.480. The van der Waals surface area contributed by atoms with Crippen molar-refractivity contribution in [2.24, 2.45) is 4.99 Å². The summed E-state index contributed by atoms with van der Waals surface area (Å²) in [5.41, 5.74) is 1.44. The fourth-order valence-electron chi connectivity index (χ4n) is 2.18. The first-order chi connectivity index (χ1) is 12.0. The van der Waals surface area contributed by atoms with Crippen molar-refractivity contribution in [1.29, 1.82) is 0 Å². The van der Waals surface area contributed by atoms with E-state index in [0.717, 1.165) is 11.1 Å². The summed E-state index contributed by atoms with van der Waals surface area (Å²) in [5, 5.41) is 8.98. The summed E-state index contributed by atoms with van der Waals surface area (Å²) >= 11 is 0. The zero-order valence-electron chi connectivity index (χ0n) is 16.6. The van der Waals surface area contributed by atoms with Crippen molar-refractivity contribution < 1.29 is 13.2 Å². The topological polar surface area (TPSA) is 99.7 Å². The van der Waals surface area contributed by atoms with Gasteiger partial charge in [0, 0.05) is 18.3 Å². The molecule has 1 aromatic rings. The van der Waals surface area contributed by atoms with Crippen LogP contribution in [0.25, 0.3) is 0 Å². The van der Waals surface area contributed by atoms with Gasteiger partial charge in [-0.1, -0.05) is 24.3 Å². The minimum atomic E-state index is -3.04. The molecule has 27 heavy (non-hydrogen) atoms. The summed E-state index contributed by atoms with van der Waals surface area (Å²) < 4.78 is 22.6. The van der Waals surface area contributed by atoms with Crippen LogP contribution in [0.2, 0.25) is 0 Å². The van der Waals surface area contributed by atoms with Crippen LogP contribution >= 0.6 is 24.0 Å². The number of hydrogen-bond acceptors (Lipinski definition) is 4. The third kappa shape index (κ3) is 12.6. The zero-order valence-corrected chi connectivity index (χ0v) is 19.8. The highest BCUT2D eigenvalue weighted by Gasteiger charge is 2.13. The lowest BCUT2D eigenvalue weighted by molar-refractivity contribution is -0.121. The number of halogens is 1. The Kier molecular flexibility index (Phi) is 10.9. The van der Waals surface area contributed by atoms with E-state index in [4.69, 9.17) is 0 Å². The van der Waals surface area contributed by atoms with Crippen LogP contribution in [0, 0.1) is 0 Å². The van der Waals surface area contributed by atoms with E-state index in [-0.39, 0.29) is 47.7 Å². The Morgan fingerprint density at radius 1 is 1.07 bits per heavy atom. The maximum Gasteiger partial charge on any atom is 0.239 e. The first-order valence-corrected chi connectivity index (χ1v) is 10.6. The van der Waals surface area contributed by atoms with Gasteiger partial charge in [-0.3, -0.25) is 4.79 Å². The largest absolute Gasteiger partial charge is 0.357 e. The Hall–Kier alpha value is -1.36. The molecule has 0 spiro atoms. The average molecular weight is 510 g/mol. The van der Waals surface area contributed by atoms with E-state index < -0.39 is 9.84 Å². The third-order valence-corrected chi connectivity index (χ3v) is 4.00. The molecule has 3 N–H and O–H groups in total. The number of nitrogens with one attached hydrogen (secondary N) is 3. The van der Waals surface area contributed by atoms with Crippen LogP contribution in [-0.4, -0.2) is 45.2 Å². The fourth-order valence-corrected chi connectivity index (χ4v) is 2.98. The minimum Gasteiger partial charge on any atom is -0.357 e. The molecule has 1 aromatic carbocycles.